The summed E-state index contributed by atoms with van der Waals surface area (Å²) in [6.45, 7) is -0.520. The first-order valence-electron chi connectivity index (χ1n) is 6.06. The van der Waals surface area contributed by atoms with Crippen molar-refractivity contribution >= 4 is 17.0 Å². The van der Waals surface area contributed by atoms with Gasteiger partial charge in [0.2, 0.25) is 5.95 Å². The van der Waals surface area contributed by atoms with Gasteiger partial charge in [0, 0.05) is 0 Å². The maximum atomic E-state index is 11.8. The molecule has 0 amide bonds. The second kappa shape index (κ2) is 4.66. The van der Waals surface area contributed by atoms with Gasteiger partial charge in [-0.1, -0.05) is 0 Å². The average molecular weight is 299 g/mol. The van der Waals surface area contributed by atoms with Gasteiger partial charge in [-0.15, -0.1) is 0 Å². The SMILES string of the molecule is Nc1nc2c(c(=O)[nH]1)c(=O)[nH]n2[C@@H]1O[C@H](CO)[C@@H](O)[C@H]1O. The molecule has 0 bridgehead atoms. The average Bonchev–Trinajstić information content (AvgIpc) is 2.89. The van der Waals surface area contributed by atoms with Gasteiger partial charge in [0.05, 0.1) is 6.61 Å². The number of nitrogen functional groups attached to an aromatic ring is 1. The number of H-pyrrole nitrogens is 2. The lowest BCUT2D eigenvalue weighted by molar-refractivity contribution is -0.0568. The van der Waals surface area contributed by atoms with E-state index in [1.165, 1.54) is 0 Å². The first-order chi connectivity index (χ1) is 9.93. The number of anilines is 1. The molecule has 2 aromatic rings. The molecule has 1 saturated heterocycles. The van der Waals surface area contributed by atoms with Crippen molar-refractivity contribution in [3.63, 3.8) is 0 Å². The Kier molecular flexibility index (Phi) is 3.06. The maximum absolute atomic E-state index is 11.8. The zero-order valence-corrected chi connectivity index (χ0v) is 10.6. The maximum Gasteiger partial charge on any atom is 0.279 e. The summed E-state index contributed by atoms with van der Waals surface area (Å²) in [6, 6.07) is 0. The second-order valence-electron chi connectivity index (χ2n) is 4.69. The van der Waals surface area contributed by atoms with E-state index < -0.39 is 42.3 Å². The van der Waals surface area contributed by atoms with Gasteiger partial charge in [-0.05, 0) is 0 Å². The number of hydrogen-bond donors (Lipinski definition) is 6. The second-order valence-corrected chi connectivity index (χ2v) is 4.69. The van der Waals surface area contributed by atoms with Crippen LogP contribution in [0.2, 0.25) is 0 Å². The molecule has 11 heteroatoms. The van der Waals surface area contributed by atoms with Crippen molar-refractivity contribution in [3.05, 3.63) is 20.7 Å². The van der Waals surface area contributed by atoms with Crippen molar-refractivity contribution in [1.29, 1.82) is 0 Å². The van der Waals surface area contributed by atoms with Crippen LogP contribution in [0.3, 0.4) is 0 Å². The van der Waals surface area contributed by atoms with E-state index in [0.717, 1.165) is 4.68 Å². The highest BCUT2D eigenvalue weighted by molar-refractivity contribution is 5.74. The summed E-state index contributed by atoms with van der Waals surface area (Å²) in [6.07, 6.45) is -5.00. The van der Waals surface area contributed by atoms with Gasteiger partial charge in [0.25, 0.3) is 11.1 Å². The number of nitrogens with two attached hydrogens (primary N) is 1. The molecule has 0 radical (unpaired) electrons. The molecule has 3 rings (SSSR count). The Morgan fingerprint density at radius 1 is 1.29 bits per heavy atom. The third-order valence-corrected chi connectivity index (χ3v) is 3.37. The number of rotatable bonds is 2. The van der Waals surface area contributed by atoms with Crippen LogP contribution in [-0.2, 0) is 4.74 Å². The normalized spacial score (nSPS) is 29.3. The van der Waals surface area contributed by atoms with Crippen LogP contribution in [0.15, 0.2) is 9.59 Å². The first kappa shape index (κ1) is 13.8. The molecule has 3 heterocycles. The molecule has 4 atom stereocenters. The fraction of sp³-hybridized carbons (Fsp3) is 0.500. The highest BCUT2D eigenvalue weighted by Crippen LogP contribution is 2.29. The van der Waals surface area contributed by atoms with E-state index in [0.29, 0.717) is 0 Å². The first-order valence-corrected chi connectivity index (χ1v) is 6.06. The summed E-state index contributed by atoms with van der Waals surface area (Å²) < 4.78 is 6.28. The van der Waals surface area contributed by atoms with Crippen molar-refractivity contribution in [2.45, 2.75) is 24.5 Å². The summed E-state index contributed by atoms with van der Waals surface area (Å²) in [7, 11) is 0. The fourth-order valence-corrected chi connectivity index (χ4v) is 2.35. The quantitative estimate of drug-likeness (QED) is 0.332. The van der Waals surface area contributed by atoms with Gasteiger partial charge in [-0.25, -0.2) is 4.68 Å². The Balaban J connectivity index is 2.18. The summed E-state index contributed by atoms with van der Waals surface area (Å²) in [5.74, 6) is -0.216. The molecule has 21 heavy (non-hydrogen) atoms. The van der Waals surface area contributed by atoms with Crippen LogP contribution in [0.25, 0.3) is 11.0 Å². The number of fused-ring (bicyclic) bond motifs is 1. The largest absolute Gasteiger partial charge is 0.394 e. The zero-order chi connectivity index (χ0) is 15.3. The molecule has 1 aliphatic rings. The lowest BCUT2D eigenvalue weighted by Crippen LogP contribution is -2.33. The number of aliphatic hydroxyl groups is 3. The third kappa shape index (κ3) is 1.94. The molecule has 2 aromatic heterocycles. The molecule has 0 aromatic carbocycles. The van der Waals surface area contributed by atoms with E-state index in [1.54, 1.807) is 0 Å². The van der Waals surface area contributed by atoms with Crippen molar-refractivity contribution in [2.75, 3.05) is 12.3 Å². The van der Waals surface area contributed by atoms with E-state index in [-0.39, 0.29) is 17.0 Å². The van der Waals surface area contributed by atoms with Gasteiger partial charge in [-0.2, -0.15) is 4.98 Å². The van der Waals surface area contributed by atoms with E-state index >= 15 is 0 Å². The number of hydrogen-bond acceptors (Lipinski definition) is 8. The molecule has 1 fully saturated rings. The summed E-state index contributed by atoms with van der Waals surface area (Å²) in [5, 5.41) is 30.8. The minimum absolute atomic E-state index is 0.115. The highest BCUT2D eigenvalue weighted by Gasteiger charge is 2.44. The Labute approximate surface area is 115 Å². The molecular weight excluding hydrogens is 286 g/mol. The molecule has 7 N–H and O–H groups in total. The summed E-state index contributed by atoms with van der Waals surface area (Å²) in [5.41, 5.74) is 3.84. The molecular formula is C10H13N5O6. The van der Waals surface area contributed by atoms with Gasteiger partial charge in [0.15, 0.2) is 17.3 Å². The number of nitrogens with zero attached hydrogens (tertiary/aromatic N) is 2. The number of aliphatic hydroxyl groups excluding tert-OH is 3. The molecule has 0 spiro atoms. The number of aromatic nitrogens is 4. The van der Waals surface area contributed by atoms with Crippen molar-refractivity contribution in [3.8, 4) is 0 Å². The van der Waals surface area contributed by atoms with E-state index in [2.05, 4.69) is 15.1 Å². The predicted molar refractivity (Wildman–Crippen MR) is 68.4 cm³/mol. The zero-order valence-electron chi connectivity index (χ0n) is 10.6. The molecule has 0 saturated carbocycles. The monoisotopic (exact) mass is 299 g/mol. The smallest absolute Gasteiger partial charge is 0.279 e. The fourth-order valence-electron chi connectivity index (χ4n) is 2.35. The predicted octanol–water partition coefficient (Wildman–Crippen LogP) is -3.39. The Hall–Kier alpha value is -2.21. The van der Waals surface area contributed by atoms with Gasteiger partial charge >= 0.3 is 0 Å². The standard InChI is InChI=1S/C10H13N5O6/c11-10-12-6-3(7(19)13-10)8(20)14-15(6)9-5(18)4(17)2(1-16)21-9/h2,4-5,9,16-18H,1H2,(H,14,20)(H3,11,12,13,19)/t2-,4-,5-,9-/m1/s1. The highest BCUT2D eigenvalue weighted by atomic mass is 16.6. The van der Waals surface area contributed by atoms with E-state index in [4.69, 9.17) is 15.6 Å². The van der Waals surface area contributed by atoms with Gasteiger partial charge in [-0.3, -0.25) is 19.7 Å². The number of nitrogens with one attached hydrogen (secondary N) is 2. The van der Waals surface area contributed by atoms with Crippen LogP contribution in [0.1, 0.15) is 6.23 Å². The topological polar surface area (TPSA) is 179 Å². The van der Waals surface area contributed by atoms with Crippen LogP contribution in [-0.4, -0.2) is 60.0 Å². The van der Waals surface area contributed by atoms with Crippen molar-refractivity contribution < 1.29 is 20.1 Å². The molecule has 0 unspecified atom stereocenters. The summed E-state index contributed by atoms with van der Waals surface area (Å²) in [4.78, 5) is 29.5. The minimum Gasteiger partial charge on any atom is -0.394 e. The Bertz CT molecular complexity index is 793. The van der Waals surface area contributed by atoms with Crippen molar-refractivity contribution in [1.82, 2.24) is 19.7 Å². The van der Waals surface area contributed by atoms with Crippen LogP contribution in [0.4, 0.5) is 5.95 Å². The molecule has 0 aliphatic carbocycles. The van der Waals surface area contributed by atoms with E-state index in [1.807, 2.05) is 0 Å². The van der Waals surface area contributed by atoms with Crippen LogP contribution in [0, 0.1) is 0 Å². The van der Waals surface area contributed by atoms with Crippen LogP contribution >= 0.6 is 0 Å². The van der Waals surface area contributed by atoms with Crippen molar-refractivity contribution in [2.24, 2.45) is 0 Å². The van der Waals surface area contributed by atoms with Gasteiger partial charge < -0.3 is 25.8 Å². The number of ether oxygens (including phenoxy) is 1. The van der Waals surface area contributed by atoms with E-state index in [9.17, 15) is 19.8 Å². The Morgan fingerprint density at radius 2 is 2.00 bits per heavy atom. The minimum atomic E-state index is -1.42. The van der Waals surface area contributed by atoms with Crippen LogP contribution in [0.5, 0.6) is 0 Å². The van der Waals surface area contributed by atoms with Crippen LogP contribution < -0.4 is 16.9 Å². The molecule has 11 nitrogen and oxygen atoms in total. The molecule has 114 valence electrons. The molecule has 1 aliphatic heterocycles. The number of aromatic amines is 2. The third-order valence-electron chi connectivity index (χ3n) is 3.37. The lowest BCUT2D eigenvalue weighted by atomic mass is 10.1. The summed E-state index contributed by atoms with van der Waals surface area (Å²) >= 11 is 0. The van der Waals surface area contributed by atoms with Gasteiger partial charge in [0.1, 0.15) is 18.3 Å². The Morgan fingerprint density at radius 3 is 2.62 bits per heavy atom. The lowest BCUT2D eigenvalue weighted by Gasteiger charge is -2.16.